The summed E-state index contributed by atoms with van der Waals surface area (Å²) in [5, 5.41) is 21.0. The van der Waals surface area contributed by atoms with Crippen LogP contribution in [0, 0.1) is 34.8 Å². The van der Waals surface area contributed by atoms with E-state index in [2.05, 4.69) is 32.1 Å². The number of anilines is 1. The minimum Gasteiger partial charge on any atom is -0.395 e. The van der Waals surface area contributed by atoms with Gasteiger partial charge < -0.3 is 10.4 Å². The Labute approximate surface area is 333 Å². The van der Waals surface area contributed by atoms with Gasteiger partial charge in [0.2, 0.25) is 15.9 Å². The third-order valence-corrected chi connectivity index (χ3v) is 11.6. The summed E-state index contributed by atoms with van der Waals surface area (Å²) < 4.78 is 118. The largest absolute Gasteiger partial charge is 0.395 e. The van der Waals surface area contributed by atoms with Gasteiger partial charge in [-0.1, -0.05) is 37.4 Å². The molecule has 1 amide bonds. The van der Waals surface area contributed by atoms with Gasteiger partial charge in [-0.15, -0.1) is 0 Å². The summed E-state index contributed by atoms with van der Waals surface area (Å²) in [5.41, 5.74) is -1.33. The topological polar surface area (TPSA) is 144 Å². The molecule has 0 bridgehead atoms. The van der Waals surface area contributed by atoms with E-state index < -0.39 is 81.1 Å². The minimum atomic E-state index is -3.83. The molecular formula is C39H36ClF6N7O4S. The van der Waals surface area contributed by atoms with E-state index in [1.165, 1.54) is 31.6 Å². The summed E-state index contributed by atoms with van der Waals surface area (Å²) >= 11 is 6.60. The Balaban J connectivity index is 1.39. The zero-order valence-corrected chi connectivity index (χ0v) is 32.9. The van der Waals surface area contributed by atoms with Gasteiger partial charge in [0, 0.05) is 35.7 Å². The number of aryl methyl sites for hydroxylation is 1. The van der Waals surface area contributed by atoms with Crippen LogP contribution in [-0.2, 0) is 40.8 Å². The number of pyridine rings is 1. The third kappa shape index (κ3) is 7.74. The average molecular weight is 848 g/mol. The van der Waals surface area contributed by atoms with Crippen molar-refractivity contribution in [2.45, 2.75) is 64.0 Å². The molecule has 306 valence electrons. The molecule has 3 atom stereocenters. The Kier molecular flexibility index (Phi) is 10.6. The maximum Gasteiger partial charge on any atom is 0.292 e. The average Bonchev–Trinajstić information content (AvgIpc) is 3.65. The van der Waals surface area contributed by atoms with E-state index in [9.17, 15) is 35.9 Å². The monoisotopic (exact) mass is 847 g/mol. The number of hydrogen-bond donors (Lipinski definition) is 3. The smallest absolute Gasteiger partial charge is 0.292 e. The van der Waals surface area contributed by atoms with Crippen molar-refractivity contribution in [2.24, 2.45) is 18.4 Å². The number of aliphatic hydroxyl groups excluding tert-OH is 1. The second-order valence-corrected chi connectivity index (χ2v) is 17.0. The Hall–Kier alpha value is -5.12. The highest BCUT2D eigenvalue weighted by Gasteiger charge is 2.55. The highest BCUT2D eigenvalue weighted by Crippen LogP contribution is 2.54. The zero-order valence-electron chi connectivity index (χ0n) is 31.3. The van der Waals surface area contributed by atoms with Gasteiger partial charge in [-0.25, -0.2) is 31.0 Å². The number of amides is 1. The second-order valence-electron chi connectivity index (χ2n) is 14.9. The molecule has 1 saturated carbocycles. The molecule has 0 spiro atoms. The summed E-state index contributed by atoms with van der Waals surface area (Å²) in [7, 11) is -2.29. The number of nitrogens with zero attached hydrogens (tertiary/aromatic N) is 5. The summed E-state index contributed by atoms with van der Waals surface area (Å²) in [5.74, 6) is -2.88. The van der Waals surface area contributed by atoms with Crippen molar-refractivity contribution in [2.75, 3.05) is 17.6 Å². The second kappa shape index (κ2) is 14.9. The first kappa shape index (κ1) is 41.1. The standard InChI is InChI=1S/C39H36ClF6N7O4S/c1-19-20(2)39(45,46)35-30(19)33(36(43)44)49-53(35)17-29(55)48-28(15-21-13-22(41)16-23(42)14-21)32-25(6-5-24(47-32)9-10-38(18-54)11-12-38)26-7-8-27(40)31-34(26)52(3)50-37(31)51-58(4,56)57/h5-8,13-14,16,19-20,28,36,54H,11-12,15,17-18H2,1-4H3,(H,48,55)(H,50,51)/t19-,20+,28-/m0/s1. The number of halogens is 7. The van der Waals surface area contributed by atoms with Crippen molar-refractivity contribution >= 4 is 44.3 Å². The number of carbonyl (C=O) groups is 1. The third-order valence-electron chi connectivity index (χ3n) is 10.7. The van der Waals surface area contributed by atoms with E-state index in [1.54, 1.807) is 18.2 Å². The predicted molar refractivity (Wildman–Crippen MR) is 203 cm³/mol. The molecule has 3 aromatic heterocycles. The number of aliphatic hydroxyl groups is 1. The van der Waals surface area contributed by atoms with Gasteiger partial charge in [-0.05, 0) is 67.0 Å². The van der Waals surface area contributed by atoms with E-state index in [0.717, 1.165) is 18.4 Å². The molecular weight excluding hydrogens is 812 g/mol. The molecule has 3 N–H and O–H groups in total. The molecule has 0 aliphatic heterocycles. The molecule has 1 fully saturated rings. The lowest BCUT2D eigenvalue weighted by Gasteiger charge is -2.23. The maximum atomic E-state index is 15.6. The predicted octanol–water partition coefficient (Wildman–Crippen LogP) is 7.14. The summed E-state index contributed by atoms with van der Waals surface area (Å²) in [6.45, 7) is 1.49. The number of rotatable bonds is 11. The molecule has 3 heterocycles. The Morgan fingerprint density at radius 1 is 1.05 bits per heavy atom. The summed E-state index contributed by atoms with van der Waals surface area (Å²) in [6.07, 6.45) is -1.29. The Morgan fingerprint density at radius 3 is 2.34 bits per heavy atom. The van der Waals surface area contributed by atoms with Crippen LogP contribution in [-0.4, -0.2) is 56.8 Å². The van der Waals surface area contributed by atoms with Crippen molar-refractivity contribution in [3.8, 4) is 23.0 Å². The van der Waals surface area contributed by atoms with Crippen LogP contribution < -0.4 is 10.0 Å². The fourth-order valence-electron chi connectivity index (χ4n) is 7.46. The molecule has 7 rings (SSSR count). The fraction of sp³-hybridized carbons (Fsp3) is 0.385. The number of nitrogens with one attached hydrogen (secondary N) is 2. The quantitative estimate of drug-likeness (QED) is 0.0948. The molecule has 2 aliphatic rings. The van der Waals surface area contributed by atoms with Crippen LogP contribution >= 0.6 is 11.6 Å². The lowest BCUT2D eigenvalue weighted by atomic mass is 9.93. The lowest BCUT2D eigenvalue weighted by molar-refractivity contribution is -0.123. The van der Waals surface area contributed by atoms with Crippen molar-refractivity contribution in [1.82, 2.24) is 29.9 Å². The molecule has 11 nitrogen and oxygen atoms in total. The number of benzene rings is 2. The van der Waals surface area contributed by atoms with Crippen LogP contribution in [0.25, 0.3) is 22.0 Å². The fourth-order valence-corrected chi connectivity index (χ4v) is 8.19. The Morgan fingerprint density at radius 2 is 1.72 bits per heavy atom. The van der Waals surface area contributed by atoms with Crippen molar-refractivity contribution in [3.05, 3.63) is 93.0 Å². The van der Waals surface area contributed by atoms with E-state index in [-0.39, 0.29) is 51.8 Å². The first-order valence-electron chi connectivity index (χ1n) is 18.0. The van der Waals surface area contributed by atoms with E-state index in [4.69, 9.17) is 16.6 Å². The molecule has 58 heavy (non-hydrogen) atoms. The lowest BCUT2D eigenvalue weighted by Crippen LogP contribution is -2.35. The van der Waals surface area contributed by atoms with Crippen LogP contribution in [0.3, 0.4) is 0 Å². The molecule has 2 aromatic carbocycles. The van der Waals surface area contributed by atoms with Crippen molar-refractivity contribution < 1.29 is 44.7 Å². The number of aromatic nitrogens is 5. The first-order chi connectivity index (χ1) is 27.2. The van der Waals surface area contributed by atoms with Gasteiger partial charge in [0.1, 0.15) is 35.3 Å². The van der Waals surface area contributed by atoms with Crippen LogP contribution in [0.15, 0.2) is 42.5 Å². The molecule has 19 heteroatoms. The number of fused-ring (bicyclic) bond motifs is 2. The minimum absolute atomic E-state index is 0.0554. The number of carbonyl (C=O) groups excluding carboxylic acids is 1. The van der Waals surface area contributed by atoms with Gasteiger partial charge >= 0.3 is 0 Å². The molecule has 0 unspecified atom stereocenters. The molecule has 5 aromatic rings. The van der Waals surface area contributed by atoms with E-state index in [0.29, 0.717) is 40.2 Å². The van der Waals surface area contributed by atoms with Gasteiger partial charge in [0.15, 0.2) is 5.82 Å². The SMILES string of the molecule is C[C@@H]1c2c(C(F)F)nn(CC(=O)N[C@@H](Cc3cc(F)cc(F)c3)c3nc(C#CC4(CO)CC4)ccc3-c3ccc(Cl)c4c(NS(C)(=O)=O)nn(C)c34)c2C(F)(F)[C@@H]1C. The van der Waals surface area contributed by atoms with Crippen LogP contribution in [0.4, 0.5) is 32.2 Å². The van der Waals surface area contributed by atoms with Gasteiger partial charge in [-0.3, -0.25) is 18.9 Å². The van der Waals surface area contributed by atoms with E-state index in [1.807, 2.05) is 0 Å². The molecule has 0 radical (unpaired) electrons. The van der Waals surface area contributed by atoms with Gasteiger partial charge in [0.25, 0.3) is 12.3 Å². The van der Waals surface area contributed by atoms with Gasteiger partial charge in [-0.2, -0.15) is 19.0 Å². The summed E-state index contributed by atoms with van der Waals surface area (Å²) in [6, 6.07) is 7.67. The number of hydrogen-bond acceptors (Lipinski definition) is 7. The Bertz CT molecular complexity index is 2630. The highest BCUT2D eigenvalue weighted by molar-refractivity contribution is 7.92. The first-order valence-corrected chi connectivity index (χ1v) is 20.3. The van der Waals surface area contributed by atoms with E-state index >= 15 is 8.78 Å². The zero-order chi connectivity index (χ0) is 42.1. The van der Waals surface area contributed by atoms with Crippen molar-refractivity contribution in [1.29, 1.82) is 0 Å². The normalized spacial score (nSPS) is 18.5. The van der Waals surface area contributed by atoms with Gasteiger partial charge in [0.05, 0.1) is 45.9 Å². The summed E-state index contributed by atoms with van der Waals surface area (Å²) in [4.78, 5) is 18.8. The van der Waals surface area contributed by atoms with Crippen LogP contribution in [0.1, 0.15) is 79.0 Å². The van der Waals surface area contributed by atoms with Crippen molar-refractivity contribution in [3.63, 3.8) is 0 Å². The number of sulfonamides is 1. The van der Waals surface area contributed by atoms with Crippen LogP contribution in [0.2, 0.25) is 5.02 Å². The molecule has 0 saturated heterocycles. The number of alkyl halides is 4. The highest BCUT2D eigenvalue weighted by atomic mass is 35.5. The maximum absolute atomic E-state index is 15.6. The molecule has 2 aliphatic carbocycles. The van der Waals surface area contributed by atoms with Crippen LogP contribution in [0.5, 0.6) is 0 Å².